The van der Waals surface area contributed by atoms with E-state index in [1.807, 2.05) is 26.8 Å². The molecule has 1 atom stereocenters. The molecule has 2 aromatic carbocycles. The molecule has 0 saturated heterocycles. The Morgan fingerprint density at radius 3 is 2.45 bits per heavy atom. The monoisotopic (exact) mass is 553 g/mol. The molecule has 0 radical (unpaired) electrons. The van der Waals surface area contributed by atoms with E-state index in [9.17, 15) is 9.59 Å². The Labute approximate surface area is 198 Å². The largest absolute Gasteiger partial charge is 0.490 e. The van der Waals surface area contributed by atoms with E-state index in [4.69, 9.17) is 9.47 Å². The molecular weight excluding hydrogens is 530 g/mol. The number of amides is 2. The molecule has 2 amide bonds. The molecule has 2 rings (SSSR count). The maximum atomic E-state index is 12.3. The van der Waals surface area contributed by atoms with Gasteiger partial charge in [-0.2, -0.15) is 5.10 Å². The van der Waals surface area contributed by atoms with E-state index < -0.39 is 17.7 Å². The number of para-hydroxylation sites is 1. The fraction of sp³-hybridized carbons (Fsp3) is 0.318. The minimum absolute atomic E-state index is 0.0153. The summed E-state index contributed by atoms with van der Waals surface area (Å²) in [6, 6.07) is 10.7. The number of carbonyl (C=O) groups is 2. The first-order chi connectivity index (χ1) is 14.7. The van der Waals surface area contributed by atoms with Gasteiger partial charge in [0.15, 0.2) is 11.5 Å². The van der Waals surface area contributed by atoms with Crippen molar-refractivity contribution < 1.29 is 19.1 Å². The van der Waals surface area contributed by atoms with Gasteiger partial charge >= 0.3 is 0 Å². The molecule has 0 aliphatic heterocycles. The topological polar surface area (TPSA) is 89.0 Å². The third-order valence-corrected chi connectivity index (χ3v) is 5.27. The van der Waals surface area contributed by atoms with Crippen LogP contribution in [0.25, 0.3) is 0 Å². The summed E-state index contributed by atoms with van der Waals surface area (Å²) in [5.41, 5.74) is 3.68. The molecule has 0 aliphatic carbocycles. The zero-order valence-electron chi connectivity index (χ0n) is 17.7. The summed E-state index contributed by atoms with van der Waals surface area (Å²) in [6.45, 7) is 7.73. The first-order valence-electron chi connectivity index (χ1n) is 9.74. The number of hydrogen-bond acceptors (Lipinski definition) is 5. The van der Waals surface area contributed by atoms with Crippen LogP contribution in [0, 0.1) is 5.92 Å². The van der Waals surface area contributed by atoms with Crippen LogP contribution in [0.3, 0.4) is 0 Å². The second-order valence-electron chi connectivity index (χ2n) is 6.85. The lowest BCUT2D eigenvalue weighted by molar-refractivity contribution is -0.131. The molecular formula is C22H25Br2N3O4. The fourth-order valence-corrected chi connectivity index (χ4v) is 3.40. The zero-order chi connectivity index (χ0) is 23.0. The van der Waals surface area contributed by atoms with Gasteiger partial charge in [0.2, 0.25) is 5.91 Å². The van der Waals surface area contributed by atoms with Crippen LogP contribution in [0.5, 0.6) is 11.5 Å². The smallest absolute Gasteiger partial charge is 0.252 e. The van der Waals surface area contributed by atoms with Gasteiger partial charge in [0.25, 0.3) is 5.91 Å². The van der Waals surface area contributed by atoms with Crippen molar-refractivity contribution in [3.63, 3.8) is 0 Å². The van der Waals surface area contributed by atoms with Crippen LogP contribution in [0.1, 0.15) is 33.3 Å². The molecule has 0 heterocycles. The van der Waals surface area contributed by atoms with Crippen molar-refractivity contribution in [2.45, 2.75) is 33.8 Å². The fourth-order valence-electron chi connectivity index (χ4n) is 2.47. The summed E-state index contributed by atoms with van der Waals surface area (Å²) in [6.07, 6.45) is 1.46. The van der Waals surface area contributed by atoms with Crippen LogP contribution in [-0.2, 0) is 9.59 Å². The number of nitrogens with one attached hydrogen (secondary N) is 2. The molecule has 0 bridgehead atoms. The van der Waals surface area contributed by atoms with Gasteiger partial charge in [-0.3, -0.25) is 9.59 Å². The Bertz CT molecular complexity index is 964. The highest BCUT2D eigenvalue weighted by Gasteiger charge is 2.22. The molecule has 7 nitrogen and oxygen atoms in total. The average Bonchev–Trinajstić information content (AvgIpc) is 2.71. The summed E-state index contributed by atoms with van der Waals surface area (Å²) < 4.78 is 12.9. The third kappa shape index (κ3) is 7.36. The predicted molar refractivity (Wildman–Crippen MR) is 129 cm³/mol. The summed E-state index contributed by atoms with van der Waals surface area (Å²) in [5.74, 6) is -0.715. The van der Waals surface area contributed by atoms with Crippen molar-refractivity contribution in [1.29, 1.82) is 0 Å². The molecule has 2 N–H and O–H groups in total. The summed E-state index contributed by atoms with van der Waals surface area (Å²) in [4.78, 5) is 24.7. The van der Waals surface area contributed by atoms with Gasteiger partial charge in [-0.25, -0.2) is 5.43 Å². The molecule has 0 aromatic heterocycles. The van der Waals surface area contributed by atoms with E-state index in [0.29, 0.717) is 33.8 Å². The molecule has 0 aliphatic rings. The summed E-state index contributed by atoms with van der Waals surface area (Å²) in [5, 5.41) is 6.69. The van der Waals surface area contributed by atoms with Crippen molar-refractivity contribution in [2.24, 2.45) is 11.0 Å². The Kier molecular flexibility index (Phi) is 9.51. The molecule has 9 heteroatoms. The second kappa shape index (κ2) is 11.9. The molecule has 166 valence electrons. The maximum Gasteiger partial charge on any atom is 0.252 e. The SMILES string of the molecule is CCOc1cc(C=NNC(=O)C(C)C(=O)Nc2ccccc2Br)cc(Br)c1OC(C)C. The number of hydrazone groups is 1. The number of nitrogens with zero attached hydrogens (tertiary/aromatic N) is 1. The van der Waals surface area contributed by atoms with E-state index in [1.54, 1.807) is 30.3 Å². The van der Waals surface area contributed by atoms with Gasteiger partial charge in [0.05, 0.1) is 29.1 Å². The standard InChI is InChI=1S/C22H25Br2N3O4/c1-5-30-19-11-15(10-17(24)20(19)31-13(2)3)12-25-27-22(29)14(4)21(28)26-18-9-7-6-8-16(18)23/h6-14H,5H2,1-4H3,(H,26,28)(H,27,29). The van der Waals surface area contributed by atoms with Gasteiger partial charge in [-0.05, 0) is 89.4 Å². The Hall–Kier alpha value is -2.39. The highest BCUT2D eigenvalue weighted by Crippen LogP contribution is 2.37. The van der Waals surface area contributed by atoms with Crippen LogP contribution >= 0.6 is 31.9 Å². The third-order valence-electron chi connectivity index (χ3n) is 3.99. The lowest BCUT2D eigenvalue weighted by Crippen LogP contribution is -2.34. The molecule has 1 unspecified atom stereocenters. The number of benzene rings is 2. The molecule has 0 spiro atoms. The van der Waals surface area contributed by atoms with E-state index in [0.717, 1.165) is 4.47 Å². The lowest BCUT2D eigenvalue weighted by atomic mass is 10.1. The van der Waals surface area contributed by atoms with Crippen molar-refractivity contribution in [3.05, 3.63) is 50.9 Å². The molecule has 0 saturated carbocycles. The second-order valence-corrected chi connectivity index (χ2v) is 8.56. The first kappa shape index (κ1) is 24.9. The maximum absolute atomic E-state index is 12.3. The van der Waals surface area contributed by atoms with E-state index in [1.165, 1.54) is 13.1 Å². The average molecular weight is 555 g/mol. The van der Waals surface area contributed by atoms with Crippen LogP contribution < -0.4 is 20.2 Å². The number of ether oxygens (including phenoxy) is 2. The zero-order valence-corrected chi connectivity index (χ0v) is 20.9. The number of rotatable bonds is 9. The minimum atomic E-state index is -0.934. The predicted octanol–water partition coefficient (Wildman–Crippen LogP) is 5.12. The number of halogens is 2. The van der Waals surface area contributed by atoms with Crippen molar-refractivity contribution in [1.82, 2.24) is 5.43 Å². The number of anilines is 1. The quantitative estimate of drug-likeness (QED) is 0.256. The van der Waals surface area contributed by atoms with E-state index in [2.05, 4.69) is 47.7 Å². The highest BCUT2D eigenvalue weighted by atomic mass is 79.9. The van der Waals surface area contributed by atoms with Crippen LogP contribution in [-0.4, -0.2) is 30.7 Å². The van der Waals surface area contributed by atoms with E-state index in [-0.39, 0.29) is 6.10 Å². The molecule has 0 fully saturated rings. The Balaban J connectivity index is 2.04. The Morgan fingerprint density at radius 1 is 1.10 bits per heavy atom. The van der Waals surface area contributed by atoms with Gasteiger partial charge < -0.3 is 14.8 Å². The normalized spacial score (nSPS) is 12.0. The van der Waals surface area contributed by atoms with Gasteiger partial charge in [0, 0.05) is 4.47 Å². The molecule has 31 heavy (non-hydrogen) atoms. The van der Waals surface area contributed by atoms with Gasteiger partial charge in [-0.15, -0.1) is 0 Å². The highest BCUT2D eigenvalue weighted by molar-refractivity contribution is 9.11. The summed E-state index contributed by atoms with van der Waals surface area (Å²) >= 11 is 6.84. The van der Waals surface area contributed by atoms with Crippen LogP contribution in [0.15, 0.2) is 50.4 Å². The Morgan fingerprint density at radius 2 is 1.81 bits per heavy atom. The minimum Gasteiger partial charge on any atom is -0.490 e. The lowest BCUT2D eigenvalue weighted by Gasteiger charge is -2.16. The van der Waals surface area contributed by atoms with Gasteiger partial charge in [-0.1, -0.05) is 12.1 Å². The van der Waals surface area contributed by atoms with E-state index >= 15 is 0 Å². The van der Waals surface area contributed by atoms with Crippen molar-refractivity contribution in [3.8, 4) is 11.5 Å². The van der Waals surface area contributed by atoms with Gasteiger partial charge in [0.1, 0.15) is 5.92 Å². The molecule has 2 aromatic rings. The van der Waals surface area contributed by atoms with Crippen molar-refractivity contribution in [2.75, 3.05) is 11.9 Å². The summed E-state index contributed by atoms with van der Waals surface area (Å²) in [7, 11) is 0. The number of hydrogen-bond donors (Lipinski definition) is 2. The van der Waals surface area contributed by atoms with Crippen LogP contribution in [0.4, 0.5) is 5.69 Å². The van der Waals surface area contributed by atoms with Crippen molar-refractivity contribution >= 4 is 55.6 Å². The first-order valence-corrected chi connectivity index (χ1v) is 11.3. The van der Waals surface area contributed by atoms with Crippen LogP contribution in [0.2, 0.25) is 0 Å². The number of carbonyl (C=O) groups excluding carboxylic acids is 2.